The number of likely N-dealkylation sites (tertiary alicyclic amines) is 1. The average Bonchev–Trinajstić information content (AvgIpc) is 2.81. The fourth-order valence-electron chi connectivity index (χ4n) is 3.19. The summed E-state index contributed by atoms with van der Waals surface area (Å²) in [6.45, 7) is 1.85. The molecule has 1 fully saturated rings. The second-order valence-corrected chi connectivity index (χ2v) is 6.02. The minimum absolute atomic E-state index is 0.208. The van der Waals surface area contributed by atoms with E-state index in [0.29, 0.717) is 18.5 Å². The van der Waals surface area contributed by atoms with Gasteiger partial charge in [-0.15, -0.1) is 0 Å². The molecule has 1 aromatic carbocycles. The third kappa shape index (κ3) is 3.04. The summed E-state index contributed by atoms with van der Waals surface area (Å²) < 4.78 is 0. The first-order valence-corrected chi connectivity index (χ1v) is 7.99. The predicted octanol–water partition coefficient (Wildman–Crippen LogP) is 2.14. The monoisotopic (exact) mass is 312 g/mol. The van der Waals surface area contributed by atoms with Crippen LogP contribution in [0.3, 0.4) is 0 Å². The van der Waals surface area contributed by atoms with Gasteiger partial charge >= 0.3 is 0 Å². The van der Waals surface area contributed by atoms with Gasteiger partial charge in [-0.25, -0.2) is 0 Å². The van der Waals surface area contributed by atoms with Crippen LogP contribution in [-0.2, 0) is 20.8 Å². The Morgan fingerprint density at radius 1 is 1.09 bits per heavy atom. The molecule has 0 spiro atoms. The summed E-state index contributed by atoms with van der Waals surface area (Å²) in [5, 5.41) is 2.74. The molecule has 2 aliphatic rings. The number of carbonyl (C=O) groups is 3. The first kappa shape index (κ1) is 15.5. The highest BCUT2D eigenvalue weighted by Crippen LogP contribution is 2.34. The van der Waals surface area contributed by atoms with Gasteiger partial charge in [-0.2, -0.15) is 0 Å². The van der Waals surface area contributed by atoms with E-state index in [1.165, 1.54) is 5.56 Å². The van der Waals surface area contributed by atoms with Crippen LogP contribution in [0.5, 0.6) is 0 Å². The lowest BCUT2D eigenvalue weighted by Crippen LogP contribution is -2.38. The van der Waals surface area contributed by atoms with Gasteiger partial charge in [-0.05, 0) is 37.0 Å². The Bertz CT molecular complexity index is 637. The van der Waals surface area contributed by atoms with Crippen LogP contribution in [0.2, 0.25) is 0 Å². The number of hydrogen-bond donors (Lipinski definition) is 1. The van der Waals surface area contributed by atoms with Crippen molar-refractivity contribution in [1.82, 2.24) is 4.90 Å². The van der Waals surface area contributed by atoms with Crippen LogP contribution in [-0.4, -0.2) is 29.2 Å². The quantitative estimate of drug-likeness (QED) is 0.684. The number of rotatable bonds is 4. The molecule has 0 aromatic heterocycles. The molecule has 5 heteroatoms. The summed E-state index contributed by atoms with van der Waals surface area (Å²) >= 11 is 0. The van der Waals surface area contributed by atoms with Gasteiger partial charge in [0.15, 0.2) is 0 Å². The number of hydrogen-bond acceptors (Lipinski definition) is 3. The zero-order valence-electron chi connectivity index (χ0n) is 13.1. The molecule has 1 aliphatic carbocycles. The Hall–Kier alpha value is -2.43. The number of nitrogens with one attached hydrogen (secondary N) is 1. The Kier molecular flexibility index (Phi) is 4.28. The number of benzene rings is 1. The first-order chi connectivity index (χ1) is 11.1. The van der Waals surface area contributed by atoms with Crippen LogP contribution in [0.25, 0.3) is 0 Å². The minimum Gasteiger partial charge on any atom is -0.325 e. The predicted molar refractivity (Wildman–Crippen MR) is 86.5 cm³/mol. The fourth-order valence-corrected chi connectivity index (χ4v) is 3.19. The summed E-state index contributed by atoms with van der Waals surface area (Å²) in [6.07, 6.45) is 5.98. The molecular weight excluding hydrogens is 292 g/mol. The molecule has 1 heterocycles. The maximum atomic E-state index is 12.3. The van der Waals surface area contributed by atoms with E-state index in [-0.39, 0.29) is 36.1 Å². The van der Waals surface area contributed by atoms with Gasteiger partial charge in [-0.3, -0.25) is 19.3 Å². The minimum atomic E-state index is -0.345. The van der Waals surface area contributed by atoms with Crippen LogP contribution < -0.4 is 5.32 Å². The smallest absolute Gasteiger partial charge is 0.244 e. The topological polar surface area (TPSA) is 66.5 Å². The molecule has 23 heavy (non-hydrogen) atoms. The molecule has 0 unspecified atom stereocenters. The molecule has 5 nitrogen and oxygen atoms in total. The Labute approximate surface area is 135 Å². The zero-order chi connectivity index (χ0) is 16.4. The number of anilines is 1. The molecule has 3 rings (SSSR count). The van der Waals surface area contributed by atoms with Crippen molar-refractivity contribution < 1.29 is 14.4 Å². The molecule has 0 bridgehead atoms. The summed E-state index contributed by atoms with van der Waals surface area (Å²) in [6, 6.07) is 7.55. The van der Waals surface area contributed by atoms with Crippen molar-refractivity contribution in [2.45, 2.75) is 26.2 Å². The van der Waals surface area contributed by atoms with Crippen LogP contribution in [0.4, 0.5) is 5.69 Å². The van der Waals surface area contributed by atoms with E-state index in [9.17, 15) is 14.4 Å². The van der Waals surface area contributed by atoms with Gasteiger partial charge in [-0.1, -0.05) is 31.2 Å². The number of fused-ring (bicyclic) bond motifs is 1. The van der Waals surface area contributed by atoms with E-state index < -0.39 is 0 Å². The number of carbonyl (C=O) groups excluding carboxylic acids is 3. The number of allylic oxidation sites excluding steroid dienone is 2. The number of nitrogens with zero attached hydrogens (tertiary/aromatic N) is 1. The highest BCUT2D eigenvalue weighted by molar-refractivity contribution is 6.08. The molecule has 120 valence electrons. The molecule has 1 saturated heterocycles. The molecule has 0 radical (unpaired) electrons. The van der Waals surface area contributed by atoms with Crippen LogP contribution in [0.1, 0.15) is 25.3 Å². The maximum Gasteiger partial charge on any atom is 0.244 e. The Morgan fingerprint density at radius 3 is 2.17 bits per heavy atom. The standard InChI is InChI=1S/C18H20N2O3/c1-2-12-7-9-13(10-8-12)19-16(21)11-20-17(22)14-5-3-4-6-15(14)18(20)23/h3-4,7-10,14-15H,2,5-6,11H2,1H3,(H,19,21)/t14-,15+. The second-order valence-electron chi connectivity index (χ2n) is 6.02. The SMILES string of the molecule is CCc1ccc(NC(=O)CN2C(=O)[C@H]3CC=CC[C@H]3C2=O)cc1. The summed E-state index contributed by atoms with van der Waals surface area (Å²) in [7, 11) is 0. The Balaban J connectivity index is 1.63. The number of amides is 3. The van der Waals surface area contributed by atoms with Crippen molar-refractivity contribution >= 4 is 23.4 Å². The number of imide groups is 1. The molecular formula is C18H20N2O3. The van der Waals surface area contributed by atoms with Crippen molar-refractivity contribution in [2.24, 2.45) is 11.8 Å². The third-order valence-corrected chi connectivity index (χ3v) is 4.55. The lowest BCUT2D eigenvalue weighted by atomic mass is 9.85. The molecule has 1 aliphatic heterocycles. The normalized spacial score (nSPS) is 23.1. The van der Waals surface area contributed by atoms with E-state index in [2.05, 4.69) is 12.2 Å². The van der Waals surface area contributed by atoms with E-state index in [0.717, 1.165) is 11.3 Å². The van der Waals surface area contributed by atoms with Gasteiger partial charge in [0.1, 0.15) is 6.54 Å². The summed E-state index contributed by atoms with van der Waals surface area (Å²) in [5.41, 5.74) is 1.86. The second kappa shape index (κ2) is 6.36. The van der Waals surface area contributed by atoms with E-state index in [1.54, 1.807) is 0 Å². The summed E-state index contributed by atoms with van der Waals surface area (Å²) in [4.78, 5) is 37.9. The van der Waals surface area contributed by atoms with Crippen molar-refractivity contribution in [3.05, 3.63) is 42.0 Å². The Morgan fingerprint density at radius 2 is 1.65 bits per heavy atom. The third-order valence-electron chi connectivity index (χ3n) is 4.55. The van der Waals surface area contributed by atoms with Crippen LogP contribution >= 0.6 is 0 Å². The van der Waals surface area contributed by atoms with Crippen molar-refractivity contribution in [3.63, 3.8) is 0 Å². The lowest BCUT2D eigenvalue weighted by molar-refractivity contribution is -0.142. The van der Waals surface area contributed by atoms with Gasteiger partial charge in [0.2, 0.25) is 17.7 Å². The highest BCUT2D eigenvalue weighted by atomic mass is 16.2. The molecule has 1 N–H and O–H groups in total. The van der Waals surface area contributed by atoms with Crippen molar-refractivity contribution in [3.8, 4) is 0 Å². The van der Waals surface area contributed by atoms with E-state index >= 15 is 0 Å². The summed E-state index contributed by atoms with van der Waals surface area (Å²) in [5.74, 6) is -1.36. The average molecular weight is 312 g/mol. The van der Waals surface area contributed by atoms with Crippen LogP contribution in [0, 0.1) is 11.8 Å². The molecule has 3 amide bonds. The largest absolute Gasteiger partial charge is 0.325 e. The van der Waals surface area contributed by atoms with Crippen molar-refractivity contribution in [1.29, 1.82) is 0 Å². The molecule has 1 aromatic rings. The van der Waals surface area contributed by atoms with Gasteiger partial charge in [0.25, 0.3) is 0 Å². The highest BCUT2D eigenvalue weighted by Gasteiger charge is 2.47. The van der Waals surface area contributed by atoms with Crippen LogP contribution in [0.15, 0.2) is 36.4 Å². The van der Waals surface area contributed by atoms with Crippen molar-refractivity contribution in [2.75, 3.05) is 11.9 Å². The number of aryl methyl sites for hydroxylation is 1. The van der Waals surface area contributed by atoms with Gasteiger partial charge < -0.3 is 5.32 Å². The molecule has 2 atom stereocenters. The molecule has 0 saturated carbocycles. The first-order valence-electron chi connectivity index (χ1n) is 7.99. The zero-order valence-corrected chi connectivity index (χ0v) is 13.1. The fraction of sp³-hybridized carbons (Fsp3) is 0.389. The lowest BCUT2D eigenvalue weighted by Gasteiger charge is -2.14. The van der Waals surface area contributed by atoms with E-state index in [1.807, 2.05) is 36.4 Å². The van der Waals surface area contributed by atoms with Gasteiger partial charge in [0.05, 0.1) is 11.8 Å². The van der Waals surface area contributed by atoms with Gasteiger partial charge in [0, 0.05) is 5.69 Å². The maximum absolute atomic E-state index is 12.3. The van der Waals surface area contributed by atoms with E-state index in [4.69, 9.17) is 0 Å².